The van der Waals surface area contributed by atoms with Gasteiger partial charge in [0.1, 0.15) is 23.2 Å². The zero-order valence-corrected chi connectivity index (χ0v) is 37.2. The van der Waals surface area contributed by atoms with Crippen molar-refractivity contribution >= 4 is 31.5 Å². The number of halogens is 1. The third-order valence-corrected chi connectivity index (χ3v) is 12.8. The van der Waals surface area contributed by atoms with E-state index in [9.17, 15) is 14.9 Å². The maximum absolute atomic E-state index is 18.5. The lowest BCUT2D eigenvalue weighted by Crippen LogP contribution is -2.52. The van der Waals surface area contributed by atoms with Gasteiger partial charge >= 0.3 is 0 Å². The summed E-state index contributed by atoms with van der Waals surface area (Å²) in [7, 11) is 1.17. The molecule has 2 aromatic heterocycles. The van der Waals surface area contributed by atoms with Gasteiger partial charge < -0.3 is 27.8 Å². The molecule has 0 saturated heterocycles. The van der Waals surface area contributed by atoms with Crippen molar-refractivity contribution in [2.45, 2.75) is 90.6 Å². The molecule has 1 aliphatic carbocycles. The van der Waals surface area contributed by atoms with Gasteiger partial charge in [0.15, 0.2) is 17.3 Å². The number of hydrogen-bond donors (Lipinski definition) is 2. The number of anilines is 1. The molecule has 328 valence electrons. The van der Waals surface area contributed by atoms with E-state index in [1.54, 1.807) is 34.1 Å². The molecule has 16 heteroatoms. The molecule has 0 fully saturated rings. The van der Waals surface area contributed by atoms with E-state index in [1.165, 1.54) is 10.9 Å². The summed E-state index contributed by atoms with van der Waals surface area (Å²) in [5.74, 6) is -0.493. The number of nitrogens with one attached hydrogen (secondary N) is 2. The summed E-state index contributed by atoms with van der Waals surface area (Å²) in [6.45, 7) is 11.7. The van der Waals surface area contributed by atoms with Gasteiger partial charge in [-0.05, 0) is 68.7 Å². The van der Waals surface area contributed by atoms with Crippen LogP contribution in [0, 0.1) is 23.2 Å². The van der Waals surface area contributed by atoms with E-state index in [1.807, 2.05) is 113 Å². The van der Waals surface area contributed by atoms with Crippen LogP contribution in [0.2, 0.25) is 0 Å². The number of ether oxygens (including phenoxy) is 3. The van der Waals surface area contributed by atoms with Gasteiger partial charge in [-0.2, -0.15) is 10.2 Å². The minimum Gasteiger partial charge on any atom is -0.497 e. The smallest absolute Gasteiger partial charge is 0.280 e. The van der Waals surface area contributed by atoms with E-state index in [4.69, 9.17) is 23.3 Å². The SMILES string of the molecule is COc1ccc(C(OCc2ccccc2)(c2ccc(OC)cc2)[C@@H]2C=C[C@@H](n3cnc4c(=O)[nH]c(NC(=O)C(C)C)nc43)[C@H](F)[C@@H]2OP(OCCC#N)N(C(C)C)C(C)C)cc1. The number of nitrogens with zero attached hydrogens (tertiary/aromatic N) is 5. The molecule has 14 nitrogen and oxygen atoms in total. The topological polar surface area (TPSA) is 166 Å². The molecule has 5 atom stereocenters. The first-order valence-corrected chi connectivity index (χ1v) is 21.8. The maximum Gasteiger partial charge on any atom is 0.280 e. The summed E-state index contributed by atoms with van der Waals surface area (Å²) in [6.07, 6.45) is 1.93. The number of methoxy groups -OCH3 is 2. The normalized spacial score (nSPS) is 18.4. The highest BCUT2D eigenvalue weighted by Gasteiger charge is 2.54. The van der Waals surface area contributed by atoms with Crippen LogP contribution in [0.4, 0.5) is 10.3 Å². The highest BCUT2D eigenvalue weighted by Crippen LogP contribution is 2.55. The van der Waals surface area contributed by atoms with Crippen LogP contribution in [0.3, 0.4) is 0 Å². The van der Waals surface area contributed by atoms with Crippen molar-refractivity contribution in [3.05, 3.63) is 124 Å². The van der Waals surface area contributed by atoms with Crippen molar-refractivity contribution in [3.63, 3.8) is 0 Å². The molecular formula is C46H55FN7O7P. The fourth-order valence-corrected chi connectivity index (χ4v) is 9.46. The van der Waals surface area contributed by atoms with Crippen LogP contribution in [0.5, 0.6) is 11.5 Å². The van der Waals surface area contributed by atoms with Crippen LogP contribution in [0.15, 0.2) is 102 Å². The van der Waals surface area contributed by atoms with Gasteiger partial charge in [-0.25, -0.2) is 14.0 Å². The molecule has 0 saturated carbocycles. The number of alkyl halides is 1. The molecule has 2 N–H and O–H groups in total. The van der Waals surface area contributed by atoms with Crippen molar-refractivity contribution < 1.29 is 32.4 Å². The number of carbonyl (C=O) groups excluding carboxylic acids is 1. The Morgan fingerprint density at radius 3 is 2.11 bits per heavy atom. The van der Waals surface area contributed by atoms with Crippen LogP contribution in [0.25, 0.3) is 11.2 Å². The van der Waals surface area contributed by atoms with Gasteiger partial charge in [-0.15, -0.1) is 0 Å². The maximum atomic E-state index is 18.5. The van der Waals surface area contributed by atoms with E-state index >= 15 is 4.39 Å². The van der Waals surface area contributed by atoms with Crippen LogP contribution in [-0.4, -0.2) is 75.3 Å². The summed E-state index contributed by atoms with van der Waals surface area (Å²) < 4.78 is 54.1. The summed E-state index contributed by atoms with van der Waals surface area (Å²) in [6, 6.07) is 25.6. The van der Waals surface area contributed by atoms with Gasteiger partial charge in [0.25, 0.3) is 14.1 Å². The number of aromatic amines is 1. The number of rotatable bonds is 19. The Morgan fingerprint density at radius 1 is 0.952 bits per heavy atom. The fourth-order valence-electron chi connectivity index (χ4n) is 7.70. The van der Waals surface area contributed by atoms with Crippen molar-refractivity contribution in [2.24, 2.45) is 11.8 Å². The van der Waals surface area contributed by atoms with Gasteiger partial charge in [-0.3, -0.25) is 19.9 Å². The zero-order chi connectivity index (χ0) is 44.6. The number of H-pyrrole nitrogens is 1. The van der Waals surface area contributed by atoms with Crippen molar-refractivity contribution in [1.29, 1.82) is 5.26 Å². The molecule has 62 heavy (non-hydrogen) atoms. The number of imidazole rings is 1. The Labute approximate surface area is 363 Å². The number of amides is 1. The number of nitriles is 1. The highest BCUT2D eigenvalue weighted by molar-refractivity contribution is 7.44. The standard InChI is InChI=1S/C46H55FN7O7P/c1-29(2)43(55)51-45-50-42-40(44(56)52-45)49-28-53(42)38-24-23-37(41(39(38)47)61-62(60-26-12-25-48)54(30(3)4)31(5)6)46(33-15-19-35(57-7)20-16-33,34-17-21-36(58-8)22-18-34)59-27-32-13-10-9-11-14-32/h9-11,13-24,28-31,37-39,41H,12,26-27H2,1-8H3,(H2,50,51,52,55,56)/t37-,38-,39+,41-,62?/m1/s1. The van der Waals surface area contributed by atoms with E-state index < -0.39 is 49.8 Å². The fraction of sp³-hybridized carbons (Fsp3) is 0.413. The van der Waals surface area contributed by atoms with Gasteiger partial charge in [0.05, 0.1) is 52.3 Å². The third-order valence-electron chi connectivity index (χ3n) is 10.7. The Hall–Kier alpha value is -5.49. The number of carbonyl (C=O) groups is 1. The number of aromatic nitrogens is 4. The third kappa shape index (κ3) is 9.91. The first-order chi connectivity index (χ1) is 29.8. The lowest BCUT2D eigenvalue weighted by Gasteiger charge is -2.48. The number of hydrogen-bond acceptors (Lipinski definition) is 11. The summed E-state index contributed by atoms with van der Waals surface area (Å²) >= 11 is 0. The Bertz CT molecular complexity index is 2330. The molecule has 0 aliphatic heterocycles. The molecule has 2 heterocycles. The van der Waals surface area contributed by atoms with Gasteiger partial charge in [-0.1, -0.05) is 80.6 Å². The summed E-state index contributed by atoms with van der Waals surface area (Å²) in [4.78, 5) is 37.5. The minimum absolute atomic E-state index is 0.0300. The number of benzene rings is 3. The lowest BCUT2D eigenvalue weighted by atomic mass is 9.69. The Kier molecular flexibility index (Phi) is 15.3. The van der Waals surface area contributed by atoms with E-state index in [-0.39, 0.29) is 54.7 Å². The van der Waals surface area contributed by atoms with E-state index in [0.29, 0.717) is 22.6 Å². The first-order valence-electron chi connectivity index (χ1n) is 20.6. The predicted octanol–water partition coefficient (Wildman–Crippen LogP) is 8.62. The van der Waals surface area contributed by atoms with Gasteiger partial charge in [0, 0.05) is 23.9 Å². The van der Waals surface area contributed by atoms with Gasteiger partial charge in [0.2, 0.25) is 11.9 Å². The molecular weight excluding hydrogens is 813 g/mol. The molecule has 3 aromatic carbocycles. The Morgan fingerprint density at radius 2 is 1.56 bits per heavy atom. The summed E-state index contributed by atoms with van der Waals surface area (Å²) in [5, 5.41) is 12.2. The zero-order valence-electron chi connectivity index (χ0n) is 36.3. The number of allylic oxidation sites excluding steroid dienone is 1. The molecule has 6 rings (SSSR count). The van der Waals surface area contributed by atoms with Crippen molar-refractivity contribution in [1.82, 2.24) is 24.2 Å². The van der Waals surface area contributed by atoms with Crippen LogP contribution in [-0.2, 0) is 30.8 Å². The molecule has 1 unspecified atom stereocenters. The average molecular weight is 868 g/mol. The molecule has 1 amide bonds. The van der Waals surface area contributed by atoms with E-state index in [0.717, 1.165) is 5.56 Å². The Balaban J connectivity index is 1.61. The quantitative estimate of drug-likeness (QED) is 0.0464. The molecule has 0 spiro atoms. The monoisotopic (exact) mass is 867 g/mol. The highest BCUT2D eigenvalue weighted by atomic mass is 31.2. The summed E-state index contributed by atoms with van der Waals surface area (Å²) in [5.41, 5.74) is 0.286. The van der Waals surface area contributed by atoms with Crippen LogP contribution in [0.1, 0.15) is 70.7 Å². The van der Waals surface area contributed by atoms with Crippen LogP contribution >= 0.6 is 8.53 Å². The second kappa shape index (κ2) is 20.6. The van der Waals surface area contributed by atoms with Crippen LogP contribution < -0.4 is 20.3 Å². The van der Waals surface area contributed by atoms with E-state index in [2.05, 4.69) is 31.0 Å². The second-order valence-corrected chi connectivity index (χ2v) is 17.2. The second-order valence-electron chi connectivity index (χ2n) is 15.8. The molecule has 1 aliphatic rings. The average Bonchev–Trinajstić information content (AvgIpc) is 3.69. The molecule has 5 aromatic rings. The first kappa shape index (κ1) is 46.0. The van der Waals surface area contributed by atoms with Crippen molar-refractivity contribution in [3.8, 4) is 17.6 Å². The van der Waals surface area contributed by atoms with Crippen molar-refractivity contribution in [2.75, 3.05) is 26.1 Å². The largest absolute Gasteiger partial charge is 0.497 e. The predicted molar refractivity (Wildman–Crippen MR) is 236 cm³/mol. The minimum atomic E-state index is -2.01. The molecule has 0 bridgehead atoms. The molecule has 0 radical (unpaired) electrons. The lowest BCUT2D eigenvalue weighted by molar-refractivity contribution is -0.118. The number of fused-ring (bicyclic) bond motifs is 1.